The lowest BCUT2D eigenvalue weighted by Gasteiger charge is -2.18. The van der Waals surface area contributed by atoms with E-state index in [-0.39, 0.29) is 0 Å². The predicted octanol–water partition coefficient (Wildman–Crippen LogP) is 4.26. The van der Waals surface area contributed by atoms with Crippen LogP contribution < -0.4 is 10.4 Å². The van der Waals surface area contributed by atoms with Gasteiger partial charge in [-0.1, -0.05) is 23.7 Å². The Morgan fingerprint density at radius 1 is 1.15 bits per heavy atom. The van der Waals surface area contributed by atoms with Crippen LogP contribution in [0.2, 0.25) is 5.02 Å². The molecule has 1 atom stereocenters. The molecule has 0 radical (unpaired) electrons. The van der Waals surface area contributed by atoms with Crippen LogP contribution in [0.5, 0.6) is 5.75 Å². The van der Waals surface area contributed by atoms with Gasteiger partial charge in [0.25, 0.3) is 0 Å². The van der Waals surface area contributed by atoms with Gasteiger partial charge in [-0.25, -0.2) is 4.79 Å². The highest BCUT2D eigenvalue weighted by atomic mass is 35.5. The second kappa shape index (κ2) is 7.84. The zero-order chi connectivity index (χ0) is 19.6. The van der Waals surface area contributed by atoms with Gasteiger partial charge < -0.3 is 13.9 Å². The predicted molar refractivity (Wildman–Crippen MR) is 104 cm³/mol. The van der Waals surface area contributed by atoms with Crippen LogP contribution in [0.3, 0.4) is 0 Å². The Kier molecular flexibility index (Phi) is 5.51. The number of benzene rings is 2. The molecular weight excluding hydrogens is 368 g/mol. The minimum absolute atomic E-state index is 0.369. The SMILES string of the molecule is COC(=O)[C@@H](Cc1ccc(Cl)cc1)c1cc(=O)oc2c(C)c(OC)ccc12. The summed E-state index contributed by atoms with van der Waals surface area (Å²) in [6, 6.07) is 12.1. The van der Waals surface area contributed by atoms with E-state index in [1.807, 2.05) is 12.1 Å². The van der Waals surface area contributed by atoms with E-state index < -0.39 is 17.5 Å². The van der Waals surface area contributed by atoms with Crippen LogP contribution in [0.4, 0.5) is 0 Å². The minimum atomic E-state index is -0.657. The second-order valence-corrected chi connectivity index (χ2v) is 6.63. The Hall–Kier alpha value is -2.79. The number of fused-ring (bicyclic) bond motifs is 1. The molecular formula is C21H19ClO5. The summed E-state index contributed by atoms with van der Waals surface area (Å²) in [5.41, 5.74) is 2.04. The normalized spacial score (nSPS) is 12.0. The summed E-state index contributed by atoms with van der Waals surface area (Å²) >= 11 is 5.94. The highest BCUT2D eigenvalue weighted by molar-refractivity contribution is 6.30. The van der Waals surface area contributed by atoms with Crippen molar-refractivity contribution in [3.05, 3.63) is 74.6 Å². The lowest BCUT2D eigenvalue weighted by Crippen LogP contribution is -2.19. The molecule has 0 spiro atoms. The Morgan fingerprint density at radius 2 is 1.85 bits per heavy atom. The van der Waals surface area contributed by atoms with Crippen molar-refractivity contribution in [2.45, 2.75) is 19.3 Å². The smallest absolute Gasteiger partial charge is 0.336 e. The maximum Gasteiger partial charge on any atom is 0.336 e. The third-order valence-corrected chi connectivity index (χ3v) is 4.83. The summed E-state index contributed by atoms with van der Waals surface area (Å²) in [6.45, 7) is 1.81. The molecule has 3 aromatic rings. The van der Waals surface area contributed by atoms with Gasteiger partial charge in [0.2, 0.25) is 0 Å². The van der Waals surface area contributed by atoms with E-state index in [0.29, 0.717) is 39.3 Å². The van der Waals surface area contributed by atoms with Gasteiger partial charge in [-0.2, -0.15) is 0 Å². The van der Waals surface area contributed by atoms with Crippen molar-refractivity contribution in [1.29, 1.82) is 0 Å². The standard InChI is InChI=1S/C21H19ClO5/c1-12-18(25-2)9-8-15-16(11-19(23)27-20(12)15)17(21(24)26-3)10-13-4-6-14(22)7-5-13/h4-9,11,17H,10H2,1-3H3/t17-/m0/s1. The molecule has 0 aliphatic heterocycles. The maximum absolute atomic E-state index is 12.5. The fraction of sp³-hybridized carbons (Fsp3) is 0.238. The molecule has 140 valence electrons. The molecule has 27 heavy (non-hydrogen) atoms. The first-order valence-corrected chi connectivity index (χ1v) is 8.76. The molecule has 5 nitrogen and oxygen atoms in total. The van der Waals surface area contributed by atoms with Gasteiger partial charge >= 0.3 is 11.6 Å². The van der Waals surface area contributed by atoms with Gasteiger partial charge in [0, 0.05) is 22.0 Å². The lowest BCUT2D eigenvalue weighted by atomic mass is 9.89. The van der Waals surface area contributed by atoms with Crippen molar-refractivity contribution in [1.82, 2.24) is 0 Å². The Balaban J connectivity index is 2.18. The number of carbonyl (C=O) groups is 1. The first-order chi connectivity index (χ1) is 12.9. The summed E-state index contributed by atoms with van der Waals surface area (Å²) in [6.07, 6.45) is 0.369. The molecule has 0 N–H and O–H groups in total. The Morgan fingerprint density at radius 3 is 2.48 bits per heavy atom. The third kappa shape index (κ3) is 3.83. The van der Waals surface area contributed by atoms with Crippen LogP contribution in [-0.4, -0.2) is 20.2 Å². The van der Waals surface area contributed by atoms with E-state index in [0.717, 1.165) is 5.56 Å². The van der Waals surface area contributed by atoms with Gasteiger partial charge in [-0.3, -0.25) is 4.79 Å². The number of carbonyl (C=O) groups excluding carboxylic acids is 1. The van der Waals surface area contributed by atoms with Crippen LogP contribution in [0.1, 0.15) is 22.6 Å². The van der Waals surface area contributed by atoms with Crippen LogP contribution in [0, 0.1) is 6.92 Å². The Bertz CT molecular complexity index is 1040. The van der Waals surface area contributed by atoms with E-state index in [9.17, 15) is 9.59 Å². The molecule has 0 aliphatic carbocycles. The van der Waals surface area contributed by atoms with E-state index in [1.54, 1.807) is 38.3 Å². The number of aryl methyl sites for hydroxylation is 1. The van der Waals surface area contributed by atoms with E-state index in [2.05, 4.69) is 0 Å². The summed E-state index contributed by atoms with van der Waals surface area (Å²) < 4.78 is 15.7. The number of ether oxygens (including phenoxy) is 2. The first kappa shape index (κ1) is 19.0. The van der Waals surface area contributed by atoms with Crippen molar-refractivity contribution >= 4 is 28.5 Å². The van der Waals surface area contributed by atoms with Crippen LogP contribution in [0.15, 0.2) is 51.7 Å². The van der Waals surface area contributed by atoms with Crippen molar-refractivity contribution in [2.24, 2.45) is 0 Å². The average Bonchev–Trinajstić information content (AvgIpc) is 2.67. The van der Waals surface area contributed by atoms with Gasteiger partial charge in [0.05, 0.1) is 20.1 Å². The summed E-state index contributed by atoms with van der Waals surface area (Å²) in [4.78, 5) is 24.7. The van der Waals surface area contributed by atoms with Crippen molar-refractivity contribution in [3.8, 4) is 5.75 Å². The van der Waals surface area contributed by atoms with Crippen LogP contribution in [0.25, 0.3) is 11.0 Å². The molecule has 0 aliphatic rings. The number of hydrogen-bond donors (Lipinski definition) is 0. The molecule has 0 amide bonds. The molecule has 2 aromatic carbocycles. The lowest BCUT2D eigenvalue weighted by molar-refractivity contribution is -0.142. The van der Waals surface area contributed by atoms with Crippen LogP contribution >= 0.6 is 11.6 Å². The number of methoxy groups -OCH3 is 2. The number of esters is 1. The van der Waals surface area contributed by atoms with E-state index >= 15 is 0 Å². The van der Waals surface area contributed by atoms with Crippen molar-refractivity contribution < 1.29 is 18.7 Å². The van der Waals surface area contributed by atoms with Crippen LogP contribution in [-0.2, 0) is 16.0 Å². The number of halogens is 1. The van der Waals surface area contributed by atoms with E-state index in [4.69, 9.17) is 25.5 Å². The van der Waals surface area contributed by atoms with Gasteiger partial charge in [-0.05, 0) is 48.7 Å². The molecule has 3 rings (SSSR count). The van der Waals surface area contributed by atoms with Crippen molar-refractivity contribution in [3.63, 3.8) is 0 Å². The molecule has 6 heteroatoms. The summed E-state index contributed by atoms with van der Waals surface area (Å²) in [5, 5.41) is 1.29. The molecule has 0 fully saturated rings. The van der Waals surface area contributed by atoms with Gasteiger partial charge in [-0.15, -0.1) is 0 Å². The molecule has 0 saturated heterocycles. The highest BCUT2D eigenvalue weighted by Gasteiger charge is 2.26. The first-order valence-electron chi connectivity index (χ1n) is 8.38. The van der Waals surface area contributed by atoms with E-state index in [1.165, 1.54) is 13.2 Å². The Labute approximate surface area is 161 Å². The quantitative estimate of drug-likeness (QED) is 0.484. The zero-order valence-corrected chi connectivity index (χ0v) is 16.0. The molecule has 0 unspecified atom stereocenters. The fourth-order valence-electron chi connectivity index (χ4n) is 3.20. The minimum Gasteiger partial charge on any atom is -0.496 e. The largest absolute Gasteiger partial charge is 0.496 e. The topological polar surface area (TPSA) is 65.7 Å². The molecule has 0 bridgehead atoms. The van der Waals surface area contributed by atoms with Crippen molar-refractivity contribution in [2.75, 3.05) is 14.2 Å². The summed E-state index contributed by atoms with van der Waals surface area (Å²) in [5.74, 6) is -0.476. The third-order valence-electron chi connectivity index (χ3n) is 4.58. The monoisotopic (exact) mass is 386 g/mol. The number of rotatable bonds is 5. The molecule has 1 heterocycles. The second-order valence-electron chi connectivity index (χ2n) is 6.20. The fourth-order valence-corrected chi connectivity index (χ4v) is 3.32. The molecule has 0 saturated carbocycles. The van der Waals surface area contributed by atoms with Gasteiger partial charge in [0.1, 0.15) is 11.3 Å². The van der Waals surface area contributed by atoms with Gasteiger partial charge in [0.15, 0.2) is 0 Å². The zero-order valence-electron chi connectivity index (χ0n) is 15.2. The highest BCUT2D eigenvalue weighted by Crippen LogP contribution is 2.33. The average molecular weight is 387 g/mol. The maximum atomic E-state index is 12.5. The summed E-state index contributed by atoms with van der Waals surface area (Å²) in [7, 11) is 2.88. The number of hydrogen-bond acceptors (Lipinski definition) is 5. The molecule has 1 aromatic heterocycles.